The van der Waals surface area contributed by atoms with E-state index in [9.17, 15) is 18.0 Å². The molecular formula is C18H22N4O4S. The van der Waals surface area contributed by atoms with E-state index in [0.717, 1.165) is 9.87 Å². The van der Waals surface area contributed by atoms with Crippen molar-refractivity contribution < 1.29 is 18.0 Å². The van der Waals surface area contributed by atoms with Gasteiger partial charge in [-0.3, -0.25) is 4.79 Å². The molecule has 0 saturated carbocycles. The number of aryl methyl sites for hydroxylation is 1. The average molecular weight is 390 g/mol. The van der Waals surface area contributed by atoms with Crippen LogP contribution in [-0.2, 0) is 14.8 Å². The number of likely N-dealkylation sites (N-methyl/N-ethyl adjacent to an activating group) is 1. The van der Waals surface area contributed by atoms with Gasteiger partial charge in [0.2, 0.25) is 15.9 Å². The maximum atomic E-state index is 12.5. The number of amides is 3. The van der Waals surface area contributed by atoms with Gasteiger partial charge in [-0.05, 0) is 43.3 Å². The van der Waals surface area contributed by atoms with Crippen LogP contribution in [0.15, 0.2) is 53.4 Å². The van der Waals surface area contributed by atoms with Gasteiger partial charge < -0.3 is 16.0 Å². The molecule has 8 nitrogen and oxygen atoms in total. The molecule has 0 atom stereocenters. The number of nitrogens with one attached hydrogen (secondary N) is 3. The molecule has 9 heteroatoms. The molecule has 0 unspecified atom stereocenters. The third-order valence-corrected chi connectivity index (χ3v) is 5.57. The quantitative estimate of drug-likeness (QED) is 0.701. The summed E-state index contributed by atoms with van der Waals surface area (Å²) in [5, 5.41) is 7.65. The fourth-order valence-corrected chi connectivity index (χ4v) is 3.34. The highest BCUT2D eigenvalue weighted by molar-refractivity contribution is 7.89. The van der Waals surface area contributed by atoms with Crippen LogP contribution in [0.1, 0.15) is 5.56 Å². The Hall–Kier alpha value is -2.91. The van der Waals surface area contributed by atoms with Gasteiger partial charge in [0, 0.05) is 25.5 Å². The molecule has 0 aliphatic carbocycles. The molecule has 3 N–H and O–H groups in total. The Morgan fingerprint density at radius 1 is 0.926 bits per heavy atom. The van der Waals surface area contributed by atoms with Crippen LogP contribution in [-0.4, -0.2) is 45.3 Å². The molecule has 0 heterocycles. The molecule has 0 radical (unpaired) electrons. The first kappa shape index (κ1) is 20.4. The number of rotatable bonds is 6. The summed E-state index contributed by atoms with van der Waals surface area (Å²) < 4.78 is 26.0. The minimum absolute atomic E-state index is 0.132. The molecule has 0 aliphatic rings. The van der Waals surface area contributed by atoms with Crippen LogP contribution in [0.3, 0.4) is 0 Å². The van der Waals surface area contributed by atoms with Gasteiger partial charge in [0.15, 0.2) is 0 Å². The van der Waals surface area contributed by atoms with Gasteiger partial charge in [-0.2, -0.15) is 4.31 Å². The van der Waals surface area contributed by atoms with E-state index in [-0.39, 0.29) is 17.5 Å². The normalized spacial score (nSPS) is 11.1. The van der Waals surface area contributed by atoms with E-state index in [0.29, 0.717) is 11.4 Å². The molecule has 2 aromatic carbocycles. The van der Waals surface area contributed by atoms with Crippen molar-refractivity contribution in [2.75, 3.05) is 31.3 Å². The summed E-state index contributed by atoms with van der Waals surface area (Å²) >= 11 is 0. The largest absolute Gasteiger partial charge is 0.341 e. The van der Waals surface area contributed by atoms with Gasteiger partial charge in [-0.25, -0.2) is 13.2 Å². The van der Waals surface area contributed by atoms with Crippen molar-refractivity contribution in [3.63, 3.8) is 0 Å². The molecule has 0 bridgehead atoms. The Kier molecular flexibility index (Phi) is 6.54. The van der Waals surface area contributed by atoms with Crippen LogP contribution < -0.4 is 16.0 Å². The first-order valence-corrected chi connectivity index (χ1v) is 9.58. The van der Waals surface area contributed by atoms with Gasteiger partial charge in [0.1, 0.15) is 0 Å². The van der Waals surface area contributed by atoms with E-state index in [4.69, 9.17) is 0 Å². The van der Waals surface area contributed by atoms with Crippen molar-refractivity contribution in [2.45, 2.75) is 11.8 Å². The summed E-state index contributed by atoms with van der Waals surface area (Å²) in [6.45, 7) is 1.54. The van der Waals surface area contributed by atoms with E-state index >= 15 is 0 Å². The summed E-state index contributed by atoms with van der Waals surface area (Å²) in [5.74, 6) is -0.472. The zero-order valence-electron chi connectivity index (χ0n) is 15.3. The summed E-state index contributed by atoms with van der Waals surface area (Å²) in [6.07, 6.45) is 0. The molecule has 2 aromatic rings. The number of anilines is 2. The third-order valence-electron chi connectivity index (χ3n) is 3.75. The molecule has 0 spiro atoms. The highest BCUT2D eigenvalue weighted by Gasteiger charge is 2.22. The first-order chi connectivity index (χ1) is 12.7. The molecule has 27 heavy (non-hydrogen) atoms. The molecule has 144 valence electrons. The summed E-state index contributed by atoms with van der Waals surface area (Å²) in [5.41, 5.74) is 2.00. The van der Waals surface area contributed by atoms with E-state index in [1.54, 1.807) is 36.4 Å². The maximum absolute atomic E-state index is 12.5. The zero-order chi connectivity index (χ0) is 20.0. The minimum atomic E-state index is -3.75. The van der Waals surface area contributed by atoms with E-state index in [1.807, 2.05) is 6.92 Å². The average Bonchev–Trinajstić information content (AvgIpc) is 2.63. The summed E-state index contributed by atoms with van der Waals surface area (Å²) in [6, 6.07) is 12.5. The van der Waals surface area contributed by atoms with Crippen LogP contribution in [0.5, 0.6) is 0 Å². The second kappa shape index (κ2) is 8.65. The first-order valence-electron chi connectivity index (χ1n) is 8.14. The van der Waals surface area contributed by atoms with Crippen LogP contribution in [0.4, 0.5) is 16.2 Å². The second-order valence-electron chi connectivity index (χ2n) is 5.90. The molecular weight excluding hydrogens is 368 g/mol. The standard InChI is InChI=1S/C18H22N4O4S/c1-13-4-10-16(11-5-13)27(25,26)22(3)12-17(23)20-14-6-8-15(9-7-14)21-18(24)19-2/h4-11H,12H2,1-3H3,(H,20,23)(H2,19,21,24). The smallest absolute Gasteiger partial charge is 0.318 e. The highest BCUT2D eigenvalue weighted by Crippen LogP contribution is 2.16. The molecule has 2 rings (SSSR count). The summed E-state index contributed by atoms with van der Waals surface area (Å²) in [4.78, 5) is 23.5. The number of carbonyl (C=O) groups excluding carboxylic acids is 2. The number of sulfonamides is 1. The van der Waals surface area contributed by atoms with Crippen molar-refractivity contribution in [1.82, 2.24) is 9.62 Å². The fourth-order valence-electron chi connectivity index (χ4n) is 2.21. The predicted octanol–water partition coefficient (Wildman–Crippen LogP) is 2.01. The van der Waals surface area contributed by atoms with Gasteiger partial charge >= 0.3 is 6.03 Å². The number of hydrogen-bond acceptors (Lipinski definition) is 4. The van der Waals surface area contributed by atoms with Crippen LogP contribution in [0.25, 0.3) is 0 Å². The third kappa shape index (κ3) is 5.53. The van der Waals surface area contributed by atoms with Crippen molar-refractivity contribution in [2.24, 2.45) is 0 Å². The Morgan fingerprint density at radius 3 is 1.96 bits per heavy atom. The van der Waals surface area contributed by atoms with Gasteiger partial charge in [0.05, 0.1) is 11.4 Å². The SMILES string of the molecule is CNC(=O)Nc1ccc(NC(=O)CN(C)S(=O)(=O)c2ccc(C)cc2)cc1. The molecule has 3 amide bonds. The minimum Gasteiger partial charge on any atom is -0.341 e. The van der Waals surface area contributed by atoms with Crippen LogP contribution in [0.2, 0.25) is 0 Å². The van der Waals surface area contributed by atoms with E-state index in [2.05, 4.69) is 16.0 Å². The Bertz CT molecular complexity index is 909. The number of benzene rings is 2. The maximum Gasteiger partial charge on any atom is 0.318 e. The van der Waals surface area contributed by atoms with Gasteiger partial charge in [0.25, 0.3) is 0 Å². The number of nitrogens with zero attached hydrogens (tertiary/aromatic N) is 1. The lowest BCUT2D eigenvalue weighted by Gasteiger charge is -2.17. The van der Waals surface area contributed by atoms with Crippen molar-refractivity contribution in [3.8, 4) is 0 Å². The topological polar surface area (TPSA) is 108 Å². The number of urea groups is 1. The zero-order valence-corrected chi connectivity index (χ0v) is 16.1. The number of carbonyl (C=O) groups is 2. The Morgan fingerprint density at radius 2 is 1.44 bits per heavy atom. The van der Waals surface area contributed by atoms with Crippen molar-refractivity contribution in [3.05, 3.63) is 54.1 Å². The van der Waals surface area contributed by atoms with Crippen molar-refractivity contribution >= 4 is 33.3 Å². The predicted molar refractivity (Wildman–Crippen MR) is 104 cm³/mol. The lowest BCUT2D eigenvalue weighted by atomic mass is 10.2. The Labute approximate surface area is 158 Å². The molecule has 0 fully saturated rings. The summed E-state index contributed by atoms with van der Waals surface area (Å²) in [7, 11) is -0.891. The van der Waals surface area contributed by atoms with E-state index < -0.39 is 15.9 Å². The van der Waals surface area contributed by atoms with E-state index in [1.165, 1.54) is 26.2 Å². The van der Waals surface area contributed by atoms with Crippen LogP contribution in [0, 0.1) is 6.92 Å². The highest BCUT2D eigenvalue weighted by atomic mass is 32.2. The lowest BCUT2D eigenvalue weighted by Crippen LogP contribution is -2.34. The molecule has 0 saturated heterocycles. The van der Waals surface area contributed by atoms with Gasteiger partial charge in [-0.15, -0.1) is 0 Å². The lowest BCUT2D eigenvalue weighted by molar-refractivity contribution is -0.116. The van der Waals surface area contributed by atoms with Gasteiger partial charge in [-0.1, -0.05) is 17.7 Å². The van der Waals surface area contributed by atoms with Crippen LogP contribution >= 0.6 is 0 Å². The second-order valence-corrected chi connectivity index (χ2v) is 7.95. The monoisotopic (exact) mass is 390 g/mol. The molecule has 0 aromatic heterocycles. The van der Waals surface area contributed by atoms with Crippen molar-refractivity contribution in [1.29, 1.82) is 0 Å². The molecule has 0 aliphatic heterocycles. The fraction of sp³-hybridized carbons (Fsp3) is 0.222. The number of hydrogen-bond donors (Lipinski definition) is 3. The Balaban J connectivity index is 1.98.